The highest BCUT2D eigenvalue weighted by Gasteiger charge is 2.34. The summed E-state index contributed by atoms with van der Waals surface area (Å²) in [5.74, 6) is 1.67. The normalized spacial score (nSPS) is 17.9. The SMILES string of the molecule is COc1cccc(C2CC(c3ccc(Cl)cc3OC(F)F)Nc3ncnn32)c1OC. The number of nitrogens with zero attached hydrogens (tertiary/aromatic N) is 3. The second-order valence-electron chi connectivity index (χ2n) is 6.62. The third-order valence-corrected chi connectivity index (χ3v) is 5.23. The lowest BCUT2D eigenvalue weighted by Crippen LogP contribution is -2.28. The number of alkyl halides is 2. The number of hydrogen-bond acceptors (Lipinski definition) is 6. The summed E-state index contributed by atoms with van der Waals surface area (Å²) in [5.41, 5.74) is 1.38. The van der Waals surface area contributed by atoms with Crippen LogP contribution in [0.3, 0.4) is 0 Å². The topological polar surface area (TPSA) is 70.4 Å². The molecule has 2 unspecified atom stereocenters. The summed E-state index contributed by atoms with van der Waals surface area (Å²) in [6.07, 6.45) is 1.91. The van der Waals surface area contributed by atoms with E-state index in [0.29, 0.717) is 34.5 Å². The Balaban J connectivity index is 1.78. The number of ether oxygens (including phenoxy) is 3. The Kier molecular flexibility index (Phi) is 5.63. The molecule has 0 spiro atoms. The Morgan fingerprint density at radius 2 is 1.97 bits per heavy atom. The number of fused-ring (bicyclic) bond motifs is 1. The molecule has 2 aromatic carbocycles. The Morgan fingerprint density at radius 1 is 1.13 bits per heavy atom. The van der Waals surface area contributed by atoms with Gasteiger partial charge in [0.25, 0.3) is 0 Å². The van der Waals surface area contributed by atoms with Crippen LogP contribution in [0.25, 0.3) is 0 Å². The molecule has 10 heteroatoms. The largest absolute Gasteiger partial charge is 0.493 e. The predicted octanol–water partition coefficient (Wildman–Crippen LogP) is 4.70. The third kappa shape index (κ3) is 3.72. The van der Waals surface area contributed by atoms with Gasteiger partial charge in [-0.15, -0.1) is 0 Å². The summed E-state index contributed by atoms with van der Waals surface area (Å²) in [7, 11) is 3.13. The summed E-state index contributed by atoms with van der Waals surface area (Å²) in [6.45, 7) is -2.97. The first-order chi connectivity index (χ1) is 14.5. The molecule has 0 radical (unpaired) electrons. The van der Waals surface area contributed by atoms with E-state index in [2.05, 4.69) is 15.4 Å². The Labute approximate surface area is 176 Å². The van der Waals surface area contributed by atoms with E-state index in [1.165, 1.54) is 12.4 Å². The van der Waals surface area contributed by atoms with E-state index in [0.717, 1.165) is 5.56 Å². The number of rotatable bonds is 6. The van der Waals surface area contributed by atoms with Crippen molar-refractivity contribution in [1.29, 1.82) is 0 Å². The summed E-state index contributed by atoms with van der Waals surface area (Å²) < 4.78 is 43.4. The van der Waals surface area contributed by atoms with Crippen LogP contribution in [0.1, 0.15) is 29.6 Å². The van der Waals surface area contributed by atoms with Crippen LogP contribution in [0, 0.1) is 0 Å². The fourth-order valence-electron chi connectivity index (χ4n) is 3.75. The van der Waals surface area contributed by atoms with E-state index < -0.39 is 6.61 Å². The zero-order valence-electron chi connectivity index (χ0n) is 16.2. The van der Waals surface area contributed by atoms with Gasteiger partial charge in [0.2, 0.25) is 5.95 Å². The fourth-order valence-corrected chi connectivity index (χ4v) is 3.91. The lowest BCUT2D eigenvalue weighted by Gasteiger charge is -2.33. The van der Waals surface area contributed by atoms with Crippen molar-refractivity contribution in [1.82, 2.24) is 14.8 Å². The zero-order valence-corrected chi connectivity index (χ0v) is 16.9. The van der Waals surface area contributed by atoms with Gasteiger partial charge in [-0.1, -0.05) is 29.8 Å². The molecule has 0 amide bonds. The van der Waals surface area contributed by atoms with Crippen LogP contribution in [-0.2, 0) is 0 Å². The van der Waals surface area contributed by atoms with Crippen molar-refractivity contribution in [2.75, 3.05) is 19.5 Å². The van der Waals surface area contributed by atoms with Gasteiger partial charge < -0.3 is 19.5 Å². The first-order valence-electron chi connectivity index (χ1n) is 9.13. The average Bonchev–Trinajstić information content (AvgIpc) is 3.20. The van der Waals surface area contributed by atoms with E-state index in [1.807, 2.05) is 12.1 Å². The maximum absolute atomic E-state index is 13.0. The van der Waals surface area contributed by atoms with Crippen LogP contribution in [-0.4, -0.2) is 35.6 Å². The van der Waals surface area contributed by atoms with E-state index in [-0.39, 0.29) is 17.8 Å². The van der Waals surface area contributed by atoms with Crippen molar-refractivity contribution in [2.24, 2.45) is 0 Å². The second kappa shape index (κ2) is 8.35. The number of benzene rings is 2. The van der Waals surface area contributed by atoms with E-state index in [9.17, 15) is 8.78 Å². The van der Waals surface area contributed by atoms with Gasteiger partial charge in [0.05, 0.1) is 26.3 Å². The number of hydrogen-bond donors (Lipinski definition) is 1. The van der Waals surface area contributed by atoms with Crippen LogP contribution in [0.15, 0.2) is 42.7 Å². The number of anilines is 1. The van der Waals surface area contributed by atoms with Gasteiger partial charge in [-0.25, -0.2) is 4.68 Å². The molecule has 0 aliphatic carbocycles. The second-order valence-corrected chi connectivity index (χ2v) is 7.06. The van der Waals surface area contributed by atoms with Gasteiger partial charge in [0, 0.05) is 16.1 Å². The zero-order chi connectivity index (χ0) is 21.3. The molecule has 0 fully saturated rings. The maximum Gasteiger partial charge on any atom is 0.387 e. The predicted molar refractivity (Wildman–Crippen MR) is 107 cm³/mol. The molecule has 0 bridgehead atoms. The van der Waals surface area contributed by atoms with Crippen molar-refractivity contribution in [3.05, 3.63) is 58.9 Å². The lowest BCUT2D eigenvalue weighted by molar-refractivity contribution is -0.0506. The Hall–Kier alpha value is -3.07. The molecule has 4 rings (SSSR count). The number of para-hydroxylation sites is 1. The molecule has 2 atom stereocenters. The van der Waals surface area contributed by atoms with Crippen LogP contribution >= 0.6 is 11.6 Å². The summed E-state index contributed by atoms with van der Waals surface area (Å²) in [5, 5.41) is 7.88. The van der Waals surface area contributed by atoms with Crippen molar-refractivity contribution in [3.8, 4) is 17.2 Å². The van der Waals surface area contributed by atoms with E-state index >= 15 is 0 Å². The van der Waals surface area contributed by atoms with Gasteiger partial charge in [-0.05, 0) is 24.6 Å². The first-order valence-corrected chi connectivity index (χ1v) is 9.50. The van der Waals surface area contributed by atoms with Crippen LogP contribution < -0.4 is 19.5 Å². The minimum Gasteiger partial charge on any atom is -0.493 e. The highest BCUT2D eigenvalue weighted by molar-refractivity contribution is 6.30. The molecule has 0 saturated carbocycles. The van der Waals surface area contributed by atoms with Crippen molar-refractivity contribution in [2.45, 2.75) is 25.1 Å². The van der Waals surface area contributed by atoms with Crippen molar-refractivity contribution < 1.29 is 23.0 Å². The molecule has 3 aromatic rings. The smallest absolute Gasteiger partial charge is 0.387 e. The Morgan fingerprint density at radius 3 is 2.70 bits per heavy atom. The highest BCUT2D eigenvalue weighted by Crippen LogP contribution is 2.45. The monoisotopic (exact) mass is 436 g/mol. The number of methoxy groups -OCH3 is 2. The van der Waals surface area contributed by atoms with Crippen LogP contribution in [0.5, 0.6) is 17.2 Å². The van der Waals surface area contributed by atoms with E-state index in [4.69, 9.17) is 25.8 Å². The Bertz CT molecular complexity index is 1050. The van der Waals surface area contributed by atoms with Gasteiger partial charge in [0.1, 0.15) is 12.1 Å². The molecule has 2 heterocycles. The molecule has 1 aliphatic heterocycles. The van der Waals surface area contributed by atoms with Crippen molar-refractivity contribution in [3.63, 3.8) is 0 Å². The number of halogens is 3. The third-order valence-electron chi connectivity index (χ3n) is 4.99. The summed E-state index contributed by atoms with van der Waals surface area (Å²) in [6, 6.07) is 9.60. The molecule has 30 heavy (non-hydrogen) atoms. The van der Waals surface area contributed by atoms with Crippen LogP contribution in [0.4, 0.5) is 14.7 Å². The average molecular weight is 437 g/mol. The van der Waals surface area contributed by atoms with Gasteiger partial charge >= 0.3 is 6.61 Å². The highest BCUT2D eigenvalue weighted by atomic mass is 35.5. The molecule has 0 saturated heterocycles. The minimum absolute atomic E-state index is 0.0133. The molecule has 7 nitrogen and oxygen atoms in total. The van der Waals surface area contributed by atoms with Crippen LogP contribution in [0.2, 0.25) is 5.02 Å². The quantitative estimate of drug-likeness (QED) is 0.604. The van der Waals surface area contributed by atoms with Gasteiger partial charge in [0.15, 0.2) is 11.5 Å². The first kappa shape index (κ1) is 20.2. The molecular weight excluding hydrogens is 418 g/mol. The number of aromatic nitrogens is 3. The van der Waals surface area contributed by atoms with Crippen molar-refractivity contribution >= 4 is 17.5 Å². The maximum atomic E-state index is 13.0. The minimum atomic E-state index is -2.97. The van der Waals surface area contributed by atoms with Gasteiger partial charge in [-0.3, -0.25) is 0 Å². The molecule has 158 valence electrons. The molecular formula is C20H19ClF2N4O3. The standard InChI is InChI=1S/C20H19ClF2N4O3/c1-28-16-5-3-4-13(18(16)29-2)15-9-14(26-20-24-10-25-27(15)20)12-7-6-11(21)8-17(12)30-19(22)23/h3-8,10,14-15,19H,9H2,1-2H3,(H,24,25,26). The molecule has 1 aromatic heterocycles. The fraction of sp³-hybridized carbons (Fsp3) is 0.300. The van der Waals surface area contributed by atoms with E-state index in [1.54, 1.807) is 37.1 Å². The molecule has 1 aliphatic rings. The lowest BCUT2D eigenvalue weighted by atomic mass is 9.92. The summed E-state index contributed by atoms with van der Waals surface area (Å²) >= 11 is 6.00. The molecule has 1 N–H and O–H groups in total. The van der Waals surface area contributed by atoms with Gasteiger partial charge in [-0.2, -0.15) is 18.9 Å². The number of nitrogens with one attached hydrogen (secondary N) is 1. The summed E-state index contributed by atoms with van der Waals surface area (Å²) in [4.78, 5) is 4.27.